The van der Waals surface area contributed by atoms with Gasteiger partial charge >= 0.3 is 0 Å². The lowest BCUT2D eigenvalue weighted by Gasteiger charge is -2.21. The topological polar surface area (TPSA) is 29.1 Å². The molecular weight excluding hydrogens is 330 g/mol. The number of rotatable bonds is 3. The second-order valence-corrected chi connectivity index (χ2v) is 7.67. The Morgan fingerprint density at radius 3 is 3.06 bits per heavy atom. The molecule has 0 bridgehead atoms. The van der Waals surface area contributed by atoms with E-state index in [1.54, 1.807) is 0 Å². The highest BCUT2D eigenvalue weighted by atomic mass is 79.9. The molecule has 0 radical (unpaired) electrons. The molecule has 0 spiro atoms. The fraction of sp³-hybridized carbons (Fsp3) is 0.462. The lowest BCUT2D eigenvalue weighted by Crippen LogP contribution is -2.33. The summed E-state index contributed by atoms with van der Waals surface area (Å²) in [6.45, 7) is 2.76. The minimum atomic E-state index is 0.0155. The Hall–Kier alpha value is -0.130. The molecule has 18 heavy (non-hydrogen) atoms. The van der Waals surface area contributed by atoms with Crippen LogP contribution in [-0.4, -0.2) is 35.0 Å². The van der Waals surface area contributed by atoms with E-state index in [1.807, 2.05) is 48.6 Å². The quantitative estimate of drug-likeness (QED) is 0.910. The Kier molecular flexibility index (Phi) is 5.45. The van der Waals surface area contributed by atoms with Gasteiger partial charge < -0.3 is 5.32 Å². The largest absolute Gasteiger partial charge is 0.351 e. The van der Waals surface area contributed by atoms with Crippen molar-refractivity contribution in [2.24, 2.45) is 0 Å². The van der Waals surface area contributed by atoms with Crippen LogP contribution in [0.3, 0.4) is 0 Å². The Morgan fingerprint density at radius 1 is 1.50 bits per heavy atom. The summed E-state index contributed by atoms with van der Waals surface area (Å²) in [5.74, 6) is 3.58. The number of amides is 1. The first-order valence-corrected chi connectivity index (χ1v) is 8.90. The Bertz CT molecular complexity index is 433. The standard InChI is InChI=1S/C13H16BrNOS2/c1-9-2-3-12(14)11(6-9)13(16)15-7-10-8-17-4-5-18-10/h2-3,6,10H,4-5,7-8H2,1H3,(H,15,16). The maximum Gasteiger partial charge on any atom is 0.252 e. The molecule has 1 aliphatic heterocycles. The Labute approximate surface area is 125 Å². The van der Waals surface area contributed by atoms with Crippen LogP contribution in [0.4, 0.5) is 0 Å². The molecule has 5 heteroatoms. The van der Waals surface area contributed by atoms with E-state index < -0.39 is 0 Å². The van der Waals surface area contributed by atoms with Crippen molar-refractivity contribution in [2.75, 3.05) is 23.8 Å². The zero-order chi connectivity index (χ0) is 13.0. The summed E-state index contributed by atoms with van der Waals surface area (Å²) in [5.41, 5.74) is 1.83. The first kappa shape index (κ1) is 14.3. The van der Waals surface area contributed by atoms with Crippen LogP contribution in [0.25, 0.3) is 0 Å². The molecule has 1 atom stereocenters. The van der Waals surface area contributed by atoms with Crippen LogP contribution in [0.2, 0.25) is 0 Å². The average molecular weight is 346 g/mol. The smallest absolute Gasteiger partial charge is 0.252 e. The first-order valence-electron chi connectivity index (χ1n) is 5.90. The fourth-order valence-electron chi connectivity index (χ4n) is 1.77. The molecule has 1 N–H and O–H groups in total. The van der Waals surface area contributed by atoms with E-state index in [9.17, 15) is 4.79 Å². The summed E-state index contributed by atoms with van der Waals surface area (Å²) >= 11 is 7.36. The van der Waals surface area contributed by atoms with Crippen LogP contribution >= 0.6 is 39.5 Å². The van der Waals surface area contributed by atoms with Gasteiger partial charge in [0.1, 0.15) is 0 Å². The van der Waals surface area contributed by atoms with E-state index in [4.69, 9.17) is 0 Å². The maximum absolute atomic E-state index is 12.1. The van der Waals surface area contributed by atoms with Gasteiger partial charge in [0.25, 0.3) is 5.91 Å². The third kappa shape index (κ3) is 3.93. The number of hydrogen-bond acceptors (Lipinski definition) is 3. The third-order valence-corrected chi connectivity index (χ3v) is 6.28. The number of benzene rings is 1. The van der Waals surface area contributed by atoms with E-state index in [2.05, 4.69) is 21.2 Å². The minimum absolute atomic E-state index is 0.0155. The van der Waals surface area contributed by atoms with Crippen LogP contribution in [0.15, 0.2) is 22.7 Å². The molecule has 1 amide bonds. The summed E-state index contributed by atoms with van der Waals surface area (Å²) in [7, 11) is 0. The molecule has 1 fully saturated rings. The molecular formula is C13H16BrNOS2. The van der Waals surface area contributed by atoms with E-state index in [1.165, 1.54) is 11.5 Å². The van der Waals surface area contributed by atoms with Crippen molar-refractivity contribution in [3.63, 3.8) is 0 Å². The van der Waals surface area contributed by atoms with Gasteiger partial charge in [0.05, 0.1) is 5.56 Å². The SMILES string of the molecule is Cc1ccc(Br)c(C(=O)NCC2CSCCS2)c1. The number of halogens is 1. The lowest BCUT2D eigenvalue weighted by atomic mass is 10.1. The third-order valence-electron chi connectivity index (χ3n) is 2.74. The maximum atomic E-state index is 12.1. The van der Waals surface area contributed by atoms with Gasteiger partial charge in [-0.25, -0.2) is 0 Å². The van der Waals surface area contributed by atoms with E-state index in [0.29, 0.717) is 5.25 Å². The van der Waals surface area contributed by atoms with E-state index in [-0.39, 0.29) is 5.91 Å². The molecule has 2 nitrogen and oxygen atoms in total. The zero-order valence-corrected chi connectivity index (χ0v) is 13.5. The van der Waals surface area contributed by atoms with Crippen LogP contribution in [0.5, 0.6) is 0 Å². The van der Waals surface area contributed by atoms with Crippen molar-refractivity contribution < 1.29 is 4.79 Å². The van der Waals surface area contributed by atoms with Crippen LogP contribution in [0.1, 0.15) is 15.9 Å². The van der Waals surface area contributed by atoms with Crippen molar-refractivity contribution in [2.45, 2.75) is 12.2 Å². The molecule has 0 saturated carbocycles. The number of aryl methyl sites for hydroxylation is 1. The normalized spacial score (nSPS) is 19.6. The number of nitrogens with one attached hydrogen (secondary N) is 1. The van der Waals surface area contributed by atoms with Gasteiger partial charge in [-0.1, -0.05) is 11.6 Å². The van der Waals surface area contributed by atoms with Crippen molar-refractivity contribution in [3.8, 4) is 0 Å². The van der Waals surface area contributed by atoms with Gasteiger partial charge in [-0.15, -0.1) is 0 Å². The average Bonchev–Trinajstić information content (AvgIpc) is 2.40. The highest BCUT2D eigenvalue weighted by Crippen LogP contribution is 2.23. The predicted molar refractivity (Wildman–Crippen MR) is 84.8 cm³/mol. The van der Waals surface area contributed by atoms with Crippen LogP contribution < -0.4 is 5.32 Å². The zero-order valence-electron chi connectivity index (χ0n) is 10.2. The Balaban J connectivity index is 1.92. The summed E-state index contributed by atoms with van der Waals surface area (Å²) in [6.07, 6.45) is 0. The number of carbonyl (C=O) groups excluding carboxylic acids is 1. The van der Waals surface area contributed by atoms with Crippen LogP contribution in [-0.2, 0) is 0 Å². The lowest BCUT2D eigenvalue weighted by molar-refractivity contribution is 0.0953. The summed E-state index contributed by atoms with van der Waals surface area (Å²) in [4.78, 5) is 12.1. The minimum Gasteiger partial charge on any atom is -0.351 e. The molecule has 0 aromatic heterocycles. The predicted octanol–water partition coefficient (Wildman–Crippen LogP) is 3.34. The number of hydrogen-bond donors (Lipinski definition) is 1. The second kappa shape index (κ2) is 6.87. The van der Waals surface area contributed by atoms with Crippen molar-refractivity contribution in [3.05, 3.63) is 33.8 Å². The second-order valence-electron chi connectivity index (χ2n) is 4.26. The highest BCUT2D eigenvalue weighted by molar-refractivity contribution is 9.10. The molecule has 0 aliphatic carbocycles. The van der Waals surface area contributed by atoms with E-state index in [0.717, 1.165) is 27.9 Å². The van der Waals surface area contributed by atoms with Crippen LogP contribution in [0, 0.1) is 6.92 Å². The highest BCUT2D eigenvalue weighted by Gasteiger charge is 2.16. The monoisotopic (exact) mass is 345 g/mol. The molecule has 2 rings (SSSR count). The van der Waals surface area contributed by atoms with Crippen molar-refractivity contribution in [1.29, 1.82) is 0 Å². The van der Waals surface area contributed by atoms with Crippen molar-refractivity contribution in [1.82, 2.24) is 5.32 Å². The molecule has 1 heterocycles. The molecule has 98 valence electrons. The summed E-state index contributed by atoms with van der Waals surface area (Å²) < 4.78 is 0.858. The molecule has 1 saturated heterocycles. The number of carbonyl (C=O) groups is 1. The molecule has 1 aliphatic rings. The molecule has 1 aromatic rings. The van der Waals surface area contributed by atoms with E-state index >= 15 is 0 Å². The summed E-state index contributed by atoms with van der Waals surface area (Å²) in [5, 5.41) is 3.59. The number of thioether (sulfide) groups is 2. The molecule has 1 unspecified atom stereocenters. The Morgan fingerprint density at radius 2 is 2.33 bits per heavy atom. The summed E-state index contributed by atoms with van der Waals surface area (Å²) in [6, 6.07) is 5.84. The van der Waals surface area contributed by atoms with Crippen molar-refractivity contribution >= 4 is 45.4 Å². The van der Waals surface area contributed by atoms with Gasteiger partial charge in [0.15, 0.2) is 0 Å². The van der Waals surface area contributed by atoms with Gasteiger partial charge in [-0.05, 0) is 35.0 Å². The van der Waals surface area contributed by atoms with Gasteiger partial charge in [-0.3, -0.25) is 4.79 Å². The van der Waals surface area contributed by atoms with Gasteiger partial charge in [0, 0.05) is 33.5 Å². The molecule has 1 aromatic carbocycles. The van der Waals surface area contributed by atoms with Gasteiger partial charge in [0.2, 0.25) is 0 Å². The van der Waals surface area contributed by atoms with Gasteiger partial charge in [-0.2, -0.15) is 23.5 Å². The fourth-order valence-corrected chi connectivity index (χ4v) is 4.81. The first-order chi connectivity index (χ1) is 8.66.